The minimum absolute atomic E-state index is 0.112. The minimum Gasteiger partial charge on any atom is -0.355 e. The van der Waals surface area contributed by atoms with Gasteiger partial charge in [0.2, 0.25) is 15.9 Å². The highest BCUT2D eigenvalue weighted by molar-refractivity contribution is 7.88. The first-order valence-electron chi connectivity index (χ1n) is 7.70. The number of sulfonamides is 1. The summed E-state index contributed by atoms with van der Waals surface area (Å²) in [6.45, 7) is 1.46. The first-order chi connectivity index (χ1) is 11.3. The molecule has 1 atom stereocenters. The van der Waals surface area contributed by atoms with Crippen molar-refractivity contribution in [2.75, 3.05) is 39.0 Å². The number of carbonyl (C=O) groups is 2. The Balaban J connectivity index is 1.89. The summed E-state index contributed by atoms with van der Waals surface area (Å²) in [4.78, 5) is 30.1. The summed E-state index contributed by atoms with van der Waals surface area (Å²) >= 11 is 0. The minimum atomic E-state index is -3.40. The monoisotopic (exact) mass is 352 g/mol. The van der Waals surface area contributed by atoms with Gasteiger partial charge in [0.25, 0.3) is 5.91 Å². The molecule has 2 fully saturated rings. The van der Waals surface area contributed by atoms with Crippen LogP contribution in [0.3, 0.4) is 0 Å². The third-order valence-electron chi connectivity index (χ3n) is 4.52. The number of pyridine rings is 1. The molecule has 2 saturated heterocycles. The quantitative estimate of drug-likeness (QED) is 0.759. The van der Waals surface area contributed by atoms with Crippen molar-refractivity contribution >= 4 is 21.8 Å². The number of amides is 2. The number of rotatable bonds is 2. The van der Waals surface area contributed by atoms with Gasteiger partial charge in [-0.15, -0.1) is 0 Å². The van der Waals surface area contributed by atoms with Crippen LogP contribution in [0.2, 0.25) is 0 Å². The molecule has 0 aromatic carbocycles. The van der Waals surface area contributed by atoms with Crippen LogP contribution in [0.4, 0.5) is 0 Å². The number of hydrogen-bond acceptors (Lipinski definition) is 5. The van der Waals surface area contributed by atoms with E-state index in [2.05, 4.69) is 10.3 Å². The lowest BCUT2D eigenvalue weighted by atomic mass is 9.86. The van der Waals surface area contributed by atoms with E-state index in [9.17, 15) is 18.0 Å². The van der Waals surface area contributed by atoms with Crippen LogP contribution in [0.15, 0.2) is 24.5 Å². The van der Waals surface area contributed by atoms with Crippen molar-refractivity contribution in [1.82, 2.24) is 19.5 Å². The van der Waals surface area contributed by atoms with Gasteiger partial charge >= 0.3 is 0 Å². The van der Waals surface area contributed by atoms with Gasteiger partial charge in [-0.05, 0) is 12.1 Å². The Labute approximate surface area is 140 Å². The van der Waals surface area contributed by atoms with E-state index < -0.39 is 15.4 Å². The predicted molar refractivity (Wildman–Crippen MR) is 86.6 cm³/mol. The number of hydrogen-bond donors (Lipinski definition) is 1. The summed E-state index contributed by atoms with van der Waals surface area (Å²) in [5.41, 5.74) is -0.133. The largest absolute Gasteiger partial charge is 0.355 e. The Morgan fingerprint density at radius 2 is 2.12 bits per heavy atom. The van der Waals surface area contributed by atoms with Crippen LogP contribution in [0.5, 0.6) is 0 Å². The van der Waals surface area contributed by atoms with Crippen LogP contribution in [-0.2, 0) is 14.8 Å². The zero-order valence-electron chi connectivity index (χ0n) is 13.4. The van der Waals surface area contributed by atoms with E-state index in [0.29, 0.717) is 18.7 Å². The van der Waals surface area contributed by atoms with Gasteiger partial charge in [-0.25, -0.2) is 8.42 Å². The van der Waals surface area contributed by atoms with Crippen LogP contribution in [0, 0.1) is 5.41 Å². The molecule has 2 aliphatic rings. The maximum atomic E-state index is 12.7. The third-order valence-corrected chi connectivity index (χ3v) is 5.77. The second-order valence-electron chi connectivity index (χ2n) is 6.52. The zero-order valence-corrected chi connectivity index (χ0v) is 14.3. The summed E-state index contributed by atoms with van der Waals surface area (Å²) in [7, 11) is -3.40. The Morgan fingerprint density at radius 3 is 2.71 bits per heavy atom. The van der Waals surface area contributed by atoms with Crippen molar-refractivity contribution in [3.05, 3.63) is 30.1 Å². The van der Waals surface area contributed by atoms with E-state index in [1.807, 2.05) is 0 Å². The van der Waals surface area contributed by atoms with Crippen LogP contribution >= 0.6 is 0 Å². The molecular formula is C15H20N4O4S. The maximum absolute atomic E-state index is 12.7. The van der Waals surface area contributed by atoms with Crippen molar-refractivity contribution in [3.8, 4) is 0 Å². The highest BCUT2D eigenvalue weighted by Crippen LogP contribution is 2.32. The number of aromatic nitrogens is 1. The summed E-state index contributed by atoms with van der Waals surface area (Å²) in [6.07, 6.45) is 4.46. The Kier molecular flexibility index (Phi) is 4.31. The molecule has 1 N–H and O–H groups in total. The van der Waals surface area contributed by atoms with Gasteiger partial charge in [0.1, 0.15) is 0 Å². The summed E-state index contributed by atoms with van der Waals surface area (Å²) < 4.78 is 25.4. The van der Waals surface area contributed by atoms with Gasteiger partial charge in [-0.2, -0.15) is 4.31 Å². The van der Waals surface area contributed by atoms with Crippen molar-refractivity contribution in [2.24, 2.45) is 5.41 Å². The Morgan fingerprint density at radius 1 is 1.33 bits per heavy atom. The maximum Gasteiger partial charge on any atom is 0.255 e. The van der Waals surface area contributed by atoms with Gasteiger partial charge in [0.15, 0.2) is 0 Å². The summed E-state index contributed by atoms with van der Waals surface area (Å²) in [5.74, 6) is -0.309. The first-order valence-corrected chi connectivity index (χ1v) is 9.55. The fraction of sp³-hybridized carbons (Fsp3) is 0.533. The van der Waals surface area contributed by atoms with Gasteiger partial charge in [-0.1, -0.05) is 0 Å². The molecule has 2 amide bonds. The van der Waals surface area contributed by atoms with Crippen molar-refractivity contribution in [1.29, 1.82) is 0 Å². The lowest BCUT2D eigenvalue weighted by Gasteiger charge is -2.32. The standard InChI is InChI=1S/C15H20N4O4S/c1-24(22,23)19-6-5-18(14(21)12-3-2-4-16-8-12)10-15(11-19)7-13(20)17-9-15/h2-4,8H,5-7,9-11H2,1H3,(H,17,20). The average molecular weight is 352 g/mol. The first kappa shape index (κ1) is 16.8. The number of nitrogens with zero attached hydrogens (tertiary/aromatic N) is 3. The summed E-state index contributed by atoms with van der Waals surface area (Å²) in [5, 5.41) is 2.77. The average Bonchev–Trinajstić information content (AvgIpc) is 2.78. The lowest BCUT2D eigenvalue weighted by Crippen LogP contribution is -2.44. The van der Waals surface area contributed by atoms with Crippen LogP contribution in [0.25, 0.3) is 0 Å². The van der Waals surface area contributed by atoms with Crippen molar-refractivity contribution in [3.63, 3.8) is 0 Å². The van der Waals surface area contributed by atoms with E-state index in [1.54, 1.807) is 23.2 Å². The van der Waals surface area contributed by atoms with E-state index in [-0.39, 0.29) is 37.9 Å². The topological polar surface area (TPSA) is 99.7 Å². The SMILES string of the molecule is CS(=O)(=O)N1CCN(C(=O)c2cccnc2)CC2(CNC(=O)C2)C1. The second kappa shape index (κ2) is 6.14. The van der Waals surface area contributed by atoms with Crippen molar-refractivity contribution in [2.45, 2.75) is 6.42 Å². The van der Waals surface area contributed by atoms with Crippen LogP contribution in [-0.4, -0.2) is 73.4 Å². The molecule has 2 aliphatic heterocycles. The fourth-order valence-corrected chi connectivity index (χ4v) is 4.24. The molecule has 9 heteroatoms. The molecule has 0 saturated carbocycles. The Bertz CT molecular complexity index is 752. The van der Waals surface area contributed by atoms with Gasteiger partial charge < -0.3 is 10.2 Å². The van der Waals surface area contributed by atoms with Crippen LogP contribution < -0.4 is 5.32 Å². The molecule has 0 radical (unpaired) electrons. The van der Waals surface area contributed by atoms with Gasteiger partial charge in [0, 0.05) is 57.0 Å². The smallest absolute Gasteiger partial charge is 0.255 e. The normalized spacial score (nSPS) is 25.5. The molecule has 0 bridgehead atoms. The molecule has 1 unspecified atom stereocenters. The van der Waals surface area contributed by atoms with Gasteiger partial charge in [0.05, 0.1) is 11.8 Å². The second-order valence-corrected chi connectivity index (χ2v) is 8.50. The number of nitrogens with one attached hydrogen (secondary N) is 1. The molecule has 1 aromatic heterocycles. The molecule has 8 nitrogen and oxygen atoms in total. The summed E-state index contributed by atoms with van der Waals surface area (Å²) in [6, 6.07) is 3.36. The van der Waals surface area contributed by atoms with E-state index in [0.717, 1.165) is 6.26 Å². The molecule has 3 rings (SSSR count). The fourth-order valence-electron chi connectivity index (χ4n) is 3.32. The third kappa shape index (κ3) is 3.41. The van der Waals surface area contributed by atoms with E-state index in [1.165, 1.54) is 10.5 Å². The molecule has 3 heterocycles. The van der Waals surface area contributed by atoms with Crippen LogP contribution in [0.1, 0.15) is 16.8 Å². The van der Waals surface area contributed by atoms with Crippen molar-refractivity contribution < 1.29 is 18.0 Å². The number of carbonyl (C=O) groups excluding carboxylic acids is 2. The van der Waals surface area contributed by atoms with E-state index >= 15 is 0 Å². The molecule has 1 spiro atoms. The molecule has 0 aliphatic carbocycles. The lowest BCUT2D eigenvalue weighted by molar-refractivity contribution is -0.119. The molecule has 130 valence electrons. The zero-order chi connectivity index (χ0) is 17.4. The van der Waals surface area contributed by atoms with E-state index in [4.69, 9.17) is 0 Å². The highest BCUT2D eigenvalue weighted by Gasteiger charge is 2.45. The van der Waals surface area contributed by atoms with Gasteiger partial charge in [-0.3, -0.25) is 14.6 Å². The Hall–Kier alpha value is -2.00. The highest BCUT2D eigenvalue weighted by atomic mass is 32.2. The molecule has 1 aromatic rings. The molecular weight excluding hydrogens is 332 g/mol. The predicted octanol–water partition coefficient (Wildman–Crippen LogP) is -0.695. The molecule has 24 heavy (non-hydrogen) atoms.